The van der Waals surface area contributed by atoms with Crippen molar-refractivity contribution in [2.75, 3.05) is 28.3 Å². The van der Waals surface area contributed by atoms with Crippen LogP contribution in [0.2, 0.25) is 0 Å². The van der Waals surface area contributed by atoms with Gasteiger partial charge in [-0.25, -0.2) is 0 Å². The topological polar surface area (TPSA) is 62.6 Å². The summed E-state index contributed by atoms with van der Waals surface area (Å²) in [6.07, 6.45) is 1.50. The number of hydrogen-bond acceptors (Lipinski definition) is 4. The van der Waals surface area contributed by atoms with Crippen LogP contribution in [0.5, 0.6) is 11.5 Å². The molecule has 0 saturated heterocycles. The second-order valence-electron chi connectivity index (χ2n) is 3.98. The molecule has 0 heterocycles. The van der Waals surface area contributed by atoms with E-state index in [4.69, 9.17) is 14.7 Å². The van der Waals surface area contributed by atoms with Gasteiger partial charge in [0, 0.05) is 25.7 Å². The minimum Gasteiger partial charge on any atom is -0.497 e. The van der Waals surface area contributed by atoms with Gasteiger partial charge in [-0.1, -0.05) is 0 Å². The Labute approximate surface area is 112 Å². The minimum absolute atomic E-state index is 0.0495. The summed E-state index contributed by atoms with van der Waals surface area (Å²) in [7, 11) is 6.27. The van der Waals surface area contributed by atoms with Gasteiger partial charge in [0.1, 0.15) is 23.1 Å². The summed E-state index contributed by atoms with van der Waals surface area (Å²) in [5.74, 6) is 0.838. The summed E-state index contributed by atoms with van der Waals surface area (Å²) in [6.45, 7) is 0. The fraction of sp³-hybridized carbons (Fsp3) is 0.286. The molecule has 1 amide bonds. The van der Waals surface area contributed by atoms with Gasteiger partial charge in [-0.3, -0.25) is 4.79 Å². The summed E-state index contributed by atoms with van der Waals surface area (Å²) in [5.41, 5.74) is 0.698. The Balaban J connectivity index is 3.23. The average Bonchev–Trinajstić information content (AvgIpc) is 2.43. The maximum atomic E-state index is 11.8. The first-order valence-electron chi connectivity index (χ1n) is 5.59. The lowest BCUT2D eigenvalue weighted by molar-refractivity contribution is -0.124. The maximum Gasteiger partial charge on any atom is 0.264 e. The van der Waals surface area contributed by atoms with Crippen molar-refractivity contribution in [2.45, 2.75) is 0 Å². The predicted octanol–water partition coefficient (Wildman–Crippen LogP) is 1.70. The average molecular weight is 260 g/mol. The number of likely N-dealkylation sites (N-methyl/N-ethyl adjacent to an activating group) is 1. The lowest BCUT2D eigenvalue weighted by Gasteiger charge is -2.10. The summed E-state index contributed by atoms with van der Waals surface area (Å²) in [4.78, 5) is 13.1. The highest BCUT2D eigenvalue weighted by Crippen LogP contribution is 2.26. The highest BCUT2D eigenvalue weighted by Gasteiger charge is 2.12. The Morgan fingerprint density at radius 1 is 1.32 bits per heavy atom. The lowest BCUT2D eigenvalue weighted by Crippen LogP contribution is -2.22. The van der Waals surface area contributed by atoms with Gasteiger partial charge < -0.3 is 14.4 Å². The van der Waals surface area contributed by atoms with Gasteiger partial charge in [0.25, 0.3) is 5.91 Å². The highest BCUT2D eigenvalue weighted by molar-refractivity contribution is 6.01. The molecule has 0 N–H and O–H groups in total. The van der Waals surface area contributed by atoms with E-state index in [1.54, 1.807) is 39.4 Å². The van der Waals surface area contributed by atoms with Crippen molar-refractivity contribution < 1.29 is 14.3 Å². The van der Waals surface area contributed by atoms with Gasteiger partial charge in [0.05, 0.1) is 14.2 Å². The lowest BCUT2D eigenvalue weighted by atomic mass is 10.1. The van der Waals surface area contributed by atoms with Crippen LogP contribution in [0, 0.1) is 11.3 Å². The molecular weight excluding hydrogens is 244 g/mol. The van der Waals surface area contributed by atoms with E-state index in [-0.39, 0.29) is 11.5 Å². The molecule has 0 atom stereocenters. The molecule has 0 aliphatic carbocycles. The molecule has 1 aromatic carbocycles. The number of hydrogen-bond donors (Lipinski definition) is 0. The molecule has 0 spiro atoms. The third kappa shape index (κ3) is 3.49. The number of carbonyl (C=O) groups excluding carboxylic acids is 1. The van der Waals surface area contributed by atoms with Crippen LogP contribution < -0.4 is 9.47 Å². The molecule has 100 valence electrons. The van der Waals surface area contributed by atoms with E-state index in [0.717, 1.165) is 0 Å². The summed E-state index contributed by atoms with van der Waals surface area (Å²) < 4.78 is 10.3. The number of nitrogens with zero attached hydrogens (tertiary/aromatic N) is 2. The zero-order valence-electron chi connectivity index (χ0n) is 11.4. The van der Waals surface area contributed by atoms with Gasteiger partial charge in [0.2, 0.25) is 0 Å². The molecule has 0 aliphatic rings. The van der Waals surface area contributed by atoms with Crippen LogP contribution in [-0.2, 0) is 4.79 Å². The number of methoxy groups -OCH3 is 2. The van der Waals surface area contributed by atoms with E-state index in [1.807, 2.05) is 6.07 Å². The minimum atomic E-state index is -0.347. The molecular formula is C14H16N2O3. The van der Waals surface area contributed by atoms with Gasteiger partial charge >= 0.3 is 0 Å². The summed E-state index contributed by atoms with van der Waals surface area (Å²) in [5, 5.41) is 9.04. The fourth-order valence-corrected chi connectivity index (χ4v) is 1.48. The Bertz CT molecular complexity index is 542. The summed E-state index contributed by atoms with van der Waals surface area (Å²) in [6, 6.07) is 7.06. The van der Waals surface area contributed by atoms with Crippen LogP contribution >= 0.6 is 0 Å². The second kappa shape index (κ2) is 6.45. The molecule has 1 rings (SSSR count). The Kier molecular flexibility index (Phi) is 4.95. The second-order valence-corrected chi connectivity index (χ2v) is 3.98. The molecule has 0 fully saturated rings. The number of amides is 1. The van der Waals surface area contributed by atoms with Crippen LogP contribution in [0.4, 0.5) is 0 Å². The monoisotopic (exact) mass is 260 g/mol. The first kappa shape index (κ1) is 14.6. The third-order valence-electron chi connectivity index (χ3n) is 2.50. The van der Waals surface area contributed by atoms with Crippen molar-refractivity contribution in [2.24, 2.45) is 0 Å². The third-order valence-corrected chi connectivity index (χ3v) is 2.50. The smallest absolute Gasteiger partial charge is 0.264 e. The molecule has 0 aromatic heterocycles. The van der Waals surface area contributed by atoms with Crippen molar-refractivity contribution in [1.29, 1.82) is 5.26 Å². The number of ether oxygens (including phenoxy) is 2. The fourth-order valence-electron chi connectivity index (χ4n) is 1.48. The molecule has 5 nitrogen and oxygen atoms in total. The molecule has 0 unspecified atom stereocenters. The van der Waals surface area contributed by atoms with Crippen molar-refractivity contribution in [1.82, 2.24) is 4.90 Å². The molecule has 0 aliphatic heterocycles. The van der Waals surface area contributed by atoms with Gasteiger partial charge in [-0.05, 0) is 18.2 Å². The first-order valence-corrected chi connectivity index (χ1v) is 5.59. The van der Waals surface area contributed by atoms with Crippen LogP contribution in [0.1, 0.15) is 5.56 Å². The van der Waals surface area contributed by atoms with Gasteiger partial charge in [-0.15, -0.1) is 0 Å². The number of rotatable bonds is 4. The predicted molar refractivity (Wildman–Crippen MR) is 71.8 cm³/mol. The van der Waals surface area contributed by atoms with E-state index in [2.05, 4.69) is 0 Å². The van der Waals surface area contributed by atoms with Crippen molar-refractivity contribution in [3.63, 3.8) is 0 Å². The van der Waals surface area contributed by atoms with Crippen molar-refractivity contribution in [3.05, 3.63) is 29.3 Å². The van der Waals surface area contributed by atoms with Crippen LogP contribution in [0.25, 0.3) is 6.08 Å². The molecule has 5 heteroatoms. The van der Waals surface area contributed by atoms with E-state index in [1.165, 1.54) is 18.1 Å². The van der Waals surface area contributed by atoms with E-state index in [0.29, 0.717) is 17.1 Å². The number of nitriles is 1. The maximum absolute atomic E-state index is 11.8. The SMILES string of the molecule is COc1ccc(/C=C(\C#N)C(=O)N(C)C)c(OC)c1. The van der Waals surface area contributed by atoms with Crippen molar-refractivity contribution >= 4 is 12.0 Å². The van der Waals surface area contributed by atoms with E-state index in [9.17, 15) is 4.79 Å². The molecule has 0 radical (unpaired) electrons. The molecule has 0 saturated carbocycles. The summed E-state index contributed by atoms with van der Waals surface area (Å²) >= 11 is 0. The number of benzene rings is 1. The van der Waals surface area contributed by atoms with E-state index < -0.39 is 0 Å². The molecule has 19 heavy (non-hydrogen) atoms. The zero-order chi connectivity index (χ0) is 14.4. The number of carbonyl (C=O) groups is 1. The van der Waals surface area contributed by atoms with Gasteiger partial charge in [-0.2, -0.15) is 5.26 Å². The Hall–Kier alpha value is -2.48. The normalized spacial score (nSPS) is 10.6. The first-order chi connectivity index (χ1) is 9.03. The Morgan fingerprint density at radius 2 is 2.00 bits per heavy atom. The van der Waals surface area contributed by atoms with Gasteiger partial charge in [0.15, 0.2) is 0 Å². The standard InChI is InChI=1S/C14H16N2O3/c1-16(2)14(17)11(9-15)7-10-5-6-12(18-3)8-13(10)19-4/h5-8H,1-4H3/b11-7+. The zero-order valence-corrected chi connectivity index (χ0v) is 11.4. The quantitative estimate of drug-likeness (QED) is 0.610. The largest absolute Gasteiger partial charge is 0.497 e. The van der Waals surface area contributed by atoms with E-state index >= 15 is 0 Å². The van der Waals surface area contributed by atoms with Crippen LogP contribution in [0.3, 0.4) is 0 Å². The molecule has 1 aromatic rings. The highest BCUT2D eigenvalue weighted by atomic mass is 16.5. The Morgan fingerprint density at radius 3 is 2.47 bits per heavy atom. The van der Waals surface area contributed by atoms with Crippen LogP contribution in [-0.4, -0.2) is 39.1 Å². The van der Waals surface area contributed by atoms with Crippen LogP contribution in [0.15, 0.2) is 23.8 Å². The molecule has 0 bridgehead atoms. The van der Waals surface area contributed by atoms with Crippen molar-refractivity contribution in [3.8, 4) is 17.6 Å².